The van der Waals surface area contributed by atoms with E-state index in [0.717, 1.165) is 12.3 Å². The van der Waals surface area contributed by atoms with Crippen molar-refractivity contribution in [2.24, 2.45) is 5.92 Å². The third-order valence-corrected chi connectivity index (χ3v) is 2.92. The van der Waals surface area contributed by atoms with Gasteiger partial charge in [0.15, 0.2) is 0 Å². The van der Waals surface area contributed by atoms with Crippen LogP contribution in [-0.4, -0.2) is 11.5 Å². The number of halogens is 1. The molecule has 16 heavy (non-hydrogen) atoms. The SMILES string of the molecule is O=[N+]([O-])c1ccc(Cl)c(OCCC2CC2)c1. The van der Waals surface area contributed by atoms with Crippen LogP contribution in [0.1, 0.15) is 19.3 Å². The van der Waals surface area contributed by atoms with Gasteiger partial charge in [-0.15, -0.1) is 0 Å². The molecule has 1 saturated carbocycles. The smallest absolute Gasteiger partial charge is 0.273 e. The van der Waals surface area contributed by atoms with Crippen LogP contribution in [0.25, 0.3) is 0 Å². The Bertz CT molecular complexity index is 404. The first-order valence-corrected chi connectivity index (χ1v) is 5.61. The summed E-state index contributed by atoms with van der Waals surface area (Å²) in [6.45, 7) is 0.575. The van der Waals surface area contributed by atoms with Crippen LogP contribution in [0.2, 0.25) is 5.02 Å². The van der Waals surface area contributed by atoms with Gasteiger partial charge in [0, 0.05) is 6.07 Å². The van der Waals surface area contributed by atoms with E-state index in [2.05, 4.69) is 0 Å². The summed E-state index contributed by atoms with van der Waals surface area (Å²) >= 11 is 5.88. The van der Waals surface area contributed by atoms with Gasteiger partial charge in [-0.05, 0) is 18.4 Å². The molecule has 0 heterocycles. The van der Waals surface area contributed by atoms with E-state index in [1.807, 2.05) is 0 Å². The molecule has 86 valence electrons. The number of nitrogens with zero attached hydrogens (tertiary/aromatic N) is 1. The van der Waals surface area contributed by atoms with E-state index in [1.54, 1.807) is 0 Å². The second kappa shape index (κ2) is 4.70. The third kappa shape index (κ3) is 2.85. The maximum absolute atomic E-state index is 10.6. The van der Waals surface area contributed by atoms with Gasteiger partial charge in [-0.25, -0.2) is 0 Å². The molecule has 0 spiro atoms. The van der Waals surface area contributed by atoms with Crippen LogP contribution < -0.4 is 4.74 Å². The molecule has 4 nitrogen and oxygen atoms in total. The molecule has 1 aliphatic carbocycles. The molecule has 2 rings (SSSR count). The fraction of sp³-hybridized carbons (Fsp3) is 0.455. The number of ether oxygens (including phenoxy) is 1. The molecule has 1 aromatic rings. The lowest BCUT2D eigenvalue weighted by atomic mass is 10.3. The van der Waals surface area contributed by atoms with Gasteiger partial charge in [0.2, 0.25) is 0 Å². The minimum absolute atomic E-state index is 0.00539. The fourth-order valence-corrected chi connectivity index (χ4v) is 1.63. The van der Waals surface area contributed by atoms with Crippen LogP contribution in [-0.2, 0) is 0 Å². The average Bonchev–Trinajstić information content (AvgIpc) is 3.04. The maximum Gasteiger partial charge on any atom is 0.273 e. The van der Waals surface area contributed by atoms with E-state index in [1.165, 1.54) is 31.0 Å². The molecule has 0 aromatic heterocycles. The van der Waals surface area contributed by atoms with Gasteiger partial charge >= 0.3 is 0 Å². The Labute approximate surface area is 98.3 Å². The van der Waals surface area contributed by atoms with Crippen LogP contribution in [0.3, 0.4) is 0 Å². The third-order valence-electron chi connectivity index (χ3n) is 2.61. The van der Waals surface area contributed by atoms with Crippen molar-refractivity contribution in [2.45, 2.75) is 19.3 Å². The zero-order valence-corrected chi connectivity index (χ0v) is 9.44. The molecule has 0 bridgehead atoms. The summed E-state index contributed by atoms with van der Waals surface area (Å²) in [7, 11) is 0. The van der Waals surface area contributed by atoms with E-state index >= 15 is 0 Å². The molecule has 0 N–H and O–H groups in total. The highest BCUT2D eigenvalue weighted by atomic mass is 35.5. The lowest BCUT2D eigenvalue weighted by molar-refractivity contribution is -0.384. The Morgan fingerprint density at radius 3 is 2.88 bits per heavy atom. The molecular formula is C11H12ClNO3. The molecule has 0 aliphatic heterocycles. The first kappa shape index (κ1) is 11.2. The van der Waals surface area contributed by atoms with Crippen LogP contribution >= 0.6 is 11.6 Å². The minimum Gasteiger partial charge on any atom is -0.492 e. The van der Waals surface area contributed by atoms with Gasteiger partial charge in [0.1, 0.15) is 5.75 Å². The number of nitro groups is 1. The predicted octanol–water partition coefficient (Wildman–Crippen LogP) is 3.43. The van der Waals surface area contributed by atoms with Gasteiger partial charge < -0.3 is 4.74 Å². The molecule has 1 aromatic carbocycles. The number of rotatable bonds is 5. The van der Waals surface area contributed by atoms with Crippen LogP contribution in [0.15, 0.2) is 18.2 Å². The lowest BCUT2D eigenvalue weighted by Gasteiger charge is -2.06. The van der Waals surface area contributed by atoms with E-state index < -0.39 is 4.92 Å². The van der Waals surface area contributed by atoms with Gasteiger partial charge in [0.05, 0.1) is 22.6 Å². The first-order chi connectivity index (χ1) is 7.66. The van der Waals surface area contributed by atoms with E-state index in [9.17, 15) is 10.1 Å². The molecular weight excluding hydrogens is 230 g/mol. The Hall–Kier alpha value is -1.29. The molecule has 1 fully saturated rings. The molecule has 0 unspecified atom stereocenters. The van der Waals surface area contributed by atoms with Crippen LogP contribution in [0.4, 0.5) is 5.69 Å². The first-order valence-electron chi connectivity index (χ1n) is 5.23. The van der Waals surface area contributed by atoms with Crippen molar-refractivity contribution in [3.8, 4) is 5.75 Å². The molecule has 5 heteroatoms. The Kier molecular flexibility index (Phi) is 3.29. The van der Waals surface area contributed by atoms with E-state index in [-0.39, 0.29) is 5.69 Å². The van der Waals surface area contributed by atoms with Gasteiger partial charge in [-0.3, -0.25) is 10.1 Å². The highest BCUT2D eigenvalue weighted by molar-refractivity contribution is 6.32. The largest absolute Gasteiger partial charge is 0.492 e. The summed E-state index contributed by atoms with van der Waals surface area (Å²) in [6, 6.07) is 4.23. The fourth-order valence-electron chi connectivity index (χ4n) is 1.46. The second-order valence-corrected chi connectivity index (χ2v) is 4.36. The van der Waals surface area contributed by atoms with Crippen LogP contribution in [0.5, 0.6) is 5.75 Å². The van der Waals surface area contributed by atoms with Crippen molar-refractivity contribution in [3.63, 3.8) is 0 Å². The number of hydrogen-bond acceptors (Lipinski definition) is 3. The van der Waals surface area contributed by atoms with Gasteiger partial charge in [-0.1, -0.05) is 24.4 Å². The van der Waals surface area contributed by atoms with Crippen molar-refractivity contribution in [1.82, 2.24) is 0 Å². The zero-order chi connectivity index (χ0) is 11.5. The van der Waals surface area contributed by atoms with Crippen molar-refractivity contribution >= 4 is 17.3 Å². The predicted molar refractivity (Wildman–Crippen MR) is 60.9 cm³/mol. The van der Waals surface area contributed by atoms with Crippen molar-refractivity contribution in [2.75, 3.05) is 6.61 Å². The van der Waals surface area contributed by atoms with Crippen LogP contribution in [0, 0.1) is 16.0 Å². The van der Waals surface area contributed by atoms with Crippen molar-refractivity contribution < 1.29 is 9.66 Å². The quantitative estimate of drug-likeness (QED) is 0.586. The summed E-state index contributed by atoms with van der Waals surface area (Å²) in [5.41, 5.74) is 0.00539. The molecule has 1 aliphatic rings. The summed E-state index contributed by atoms with van der Waals surface area (Å²) in [4.78, 5) is 10.1. The normalized spacial score (nSPS) is 14.8. The van der Waals surface area contributed by atoms with Crippen molar-refractivity contribution in [1.29, 1.82) is 0 Å². The summed E-state index contributed by atoms with van der Waals surface area (Å²) in [6.07, 6.45) is 3.54. The van der Waals surface area contributed by atoms with Gasteiger partial charge in [-0.2, -0.15) is 0 Å². The highest BCUT2D eigenvalue weighted by Gasteiger charge is 2.21. The molecule has 0 saturated heterocycles. The van der Waals surface area contributed by atoms with Crippen molar-refractivity contribution in [3.05, 3.63) is 33.3 Å². The minimum atomic E-state index is -0.454. The molecule has 0 radical (unpaired) electrons. The maximum atomic E-state index is 10.6. The Balaban J connectivity index is 1.99. The number of non-ortho nitro benzene ring substituents is 1. The van der Waals surface area contributed by atoms with Gasteiger partial charge in [0.25, 0.3) is 5.69 Å². The number of benzene rings is 1. The average molecular weight is 242 g/mol. The summed E-state index contributed by atoms with van der Waals surface area (Å²) in [5, 5.41) is 11.0. The monoisotopic (exact) mass is 241 g/mol. The Morgan fingerprint density at radius 1 is 1.50 bits per heavy atom. The summed E-state index contributed by atoms with van der Waals surface area (Å²) < 4.78 is 5.44. The summed E-state index contributed by atoms with van der Waals surface area (Å²) in [5.74, 6) is 1.17. The zero-order valence-electron chi connectivity index (χ0n) is 8.69. The van der Waals surface area contributed by atoms with E-state index in [4.69, 9.17) is 16.3 Å². The standard InChI is InChI=1S/C11H12ClNO3/c12-10-4-3-9(13(14)15)7-11(10)16-6-5-8-1-2-8/h3-4,7-8H,1-2,5-6H2. The topological polar surface area (TPSA) is 52.4 Å². The number of hydrogen-bond donors (Lipinski definition) is 0. The molecule has 0 amide bonds. The highest BCUT2D eigenvalue weighted by Crippen LogP contribution is 2.33. The Morgan fingerprint density at radius 2 is 2.25 bits per heavy atom. The molecule has 0 atom stereocenters. The van der Waals surface area contributed by atoms with E-state index in [0.29, 0.717) is 17.4 Å². The second-order valence-electron chi connectivity index (χ2n) is 3.95. The lowest BCUT2D eigenvalue weighted by Crippen LogP contribution is -1.99. The number of nitro benzene ring substituents is 1.